The summed E-state index contributed by atoms with van der Waals surface area (Å²) < 4.78 is 11.7. The fraction of sp³-hybridized carbons (Fsp3) is 0.419. The molecule has 0 saturated carbocycles. The van der Waals surface area contributed by atoms with E-state index < -0.39 is 5.54 Å². The normalized spacial score (nSPS) is 15.2. The highest BCUT2D eigenvalue weighted by Crippen LogP contribution is 2.35. The highest BCUT2D eigenvalue weighted by Gasteiger charge is 2.36. The van der Waals surface area contributed by atoms with Crippen LogP contribution in [0, 0.1) is 0 Å². The number of hydrogen-bond donors (Lipinski definition) is 0. The summed E-state index contributed by atoms with van der Waals surface area (Å²) >= 11 is 1.72. The molecule has 7 heteroatoms. The molecule has 1 aliphatic rings. The summed E-state index contributed by atoms with van der Waals surface area (Å²) in [5.74, 6) is 1.41. The number of thiophene rings is 1. The summed E-state index contributed by atoms with van der Waals surface area (Å²) in [7, 11) is 1.55. The fourth-order valence-electron chi connectivity index (χ4n) is 4.81. The summed E-state index contributed by atoms with van der Waals surface area (Å²) in [6.45, 7) is 11.1. The molecule has 0 fully saturated rings. The van der Waals surface area contributed by atoms with Gasteiger partial charge in [-0.15, -0.1) is 11.3 Å². The topological polar surface area (TPSA) is 59.1 Å². The number of nitrogens with zero attached hydrogens (tertiary/aromatic N) is 2. The Balaban J connectivity index is 1.56. The van der Waals surface area contributed by atoms with Gasteiger partial charge in [0, 0.05) is 17.0 Å². The van der Waals surface area contributed by atoms with Crippen LogP contribution < -0.4 is 9.47 Å². The van der Waals surface area contributed by atoms with Crippen LogP contribution in [-0.2, 0) is 11.2 Å². The molecule has 4 rings (SSSR count). The summed E-state index contributed by atoms with van der Waals surface area (Å²) in [6, 6.07) is 17.2. The molecule has 1 aromatic heterocycles. The zero-order valence-corrected chi connectivity index (χ0v) is 24.0. The van der Waals surface area contributed by atoms with Gasteiger partial charge in [-0.3, -0.25) is 9.59 Å². The van der Waals surface area contributed by atoms with Crippen molar-refractivity contribution in [3.63, 3.8) is 0 Å². The quantitative estimate of drug-likeness (QED) is 0.339. The number of methoxy groups -OCH3 is 1. The Morgan fingerprint density at radius 3 is 2.45 bits per heavy atom. The van der Waals surface area contributed by atoms with E-state index in [2.05, 4.69) is 37.4 Å². The van der Waals surface area contributed by atoms with Crippen LogP contribution in [0.1, 0.15) is 72.9 Å². The first kappa shape index (κ1) is 27.7. The van der Waals surface area contributed by atoms with Crippen molar-refractivity contribution in [1.82, 2.24) is 9.80 Å². The number of carbonyl (C=O) groups excluding carboxylic acids is 2. The predicted molar refractivity (Wildman–Crippen MR) is 152 cm³/mol. The van der Waals surface area contributed by atoms with E-state index in [-0.39, 0.29) is 24.4 Å². The molecule has 38 heavy (non-hydrogen) atoms. The van der Waals surface area contributed by atoms with Crippen molar-refractivity contribution in [2.45, 2.75) is 58.5 Å². The van der Waals surface area contributed by atoms with Crippen LogP contribution in [0.2, 0.25) is 0 Å². The van der Waals surface area contributed by atoms with Crippen molar-refractivity contribution in [2.24, 2.45) is 0 Å². The minimum atomic E-state index is -0.568. The zero-order valence-electron chi connectivity index (χ0n) is 23.2. The van der Waals surface area contributed by atoms with Gasteiger partial charge in [0.25, 0.3) is 5.91 Å². The number of hydrogen-bond acceptors (Lipinski definition) is 5. The first-order chi connectivity index (χ1) is 18.1. The second kappa shape index (κ2) is 11.6. The van der Waals surface area contributed by atoms with Crippen LogP contribution in [0.25, 0.3) is 0 Å². The number of rotatable bonds is 8. The second-order valence-corrected chi connectivity index (χ2v) is 11.9. The maximum Gasteiger partial charge on any atom is 0.258 e. The lowest BCUT2D eigenvalue weighted by molar-refractivity contribution is -0.136. The molecular weight excluding hydrogens is 496 g/mol. The average molecular weight is 535 g/mol. The van der Waals surface area contributed by atoms with Gasteiger partial charge in [0.1, 0.15) is 24.7 Å². The van der Waals surface area contributed by atoms with Gasteiger partial charge in [-0.25, -0.2) is 0 Å². The number of carbonyl (C=O) groups is 2. The van der Waals surface area contributed by atoms with E-state index >= 15 is 0 Å². The molecule has 6 nitrogen and oxygen atoms in total. The van der Waals surface area contributed by atoms with Crippen LogP contribution in [-0.4, -0.2) is 54.0 Å². The summed E-state index contributed by atoms with van der Waals surface area (Å²) in [5, 5.41) is 2.08. The molecule has 0 unspecified atom stereocenters. The molecule has 2 amide bonds. The van der Waals surface area contributed by atoms with Crippen molar-refractivity contribution in [3.8, 4) is 11.5 Å². The van der Waals surface area contributed by atoms with Crippen LogP contribution in [0.15, 0.2) is 60.0 Å². The lowest BCUT2D eigenvalue weighted by atomic mass is 9.99. The third kappa shape index (κ3) is 6.04. The third-order valence-electron chi connectivity index (χ3n) is 7.06. The number of fused-ring (bicyclic) bond motifs is 1. The molecular formula is C31H38N2O4S. The van der Waals surface area contributed by atoms with Gasteiger partial charge < -0.3 is 19.3 Å². The van der Waals surface area contributed by atoms with Crippen molar-refractivity contribution < 1.29 is 19.1 Å². The Morgan fingerprint density at radius 1 is 1.08 bits per heavy atom. The molecule has 0 saturated heterocycles. The highest BCUT2D eigenvalue weighted by molar-refractivity contribution is 7.10. The van der Waals surface area contributed by atoms with Gasteiger partial charge >= 0.3 is 0 Å². The molecule has 2 aromatic carbocycles. The predicted octanol–water partition coefficient (Wildman–Crippen LogP) is 6.33. The first-order valence-electron chi connectivity index (χ1n) is 13.1. The smallest absolute Gasteiger partial charge is 0.258 e. The molecule has 0 spiro atoms. The van der Waals surface area contributed by atoms with Gasteiger partial charge in [0.2, 0.25) is 5.91 Å². The number of amides is 2. The number of para-hydroxylation sites is 1. The summed E-state index contributed by atoms with van der Waals surface area (Å²) in [4.78, 5) is 32.3. The monoisotopic (exact) mass is 534 g/mol. The molecule has 0 bridgehead atoms. The van der Waals surface area contributed by atoms with Gasteiger partial charge in [-0.05, 0) is 79.9 Å². The molecule has 1 aliphatic heterocycles. The van der Waals surface area contributed by atoms with Crippen LogP contribution in [0.3, 0.4) is 0 Å². The molecule has 1 atom stereocenters. The maximum atomic E-state index is 13.9. The van der Waals surface area contributed by atoms with Crippen molar-refractivity contribution in [2.75, 3.05) is 26.8 Å². The molecule has 202 valence electrons. The van der Waals surface area contributed by atoms with E-state index in [0.29, 0.717) is 30.4 Å². The van der Waals surface area contributed by atoms with Crippen LogP contribution >= 0.6 is 11.3 Å². The summed E-state index contributed by atoms with van der Waals surface area (Å²) in [6.07, 6.45) is 0.800. The molecule has 3 aromatic rings. The average Bonchev–Trinajstić information content (AvgIpc) is 3.38. The zero-order chi connectivity index (χ0) is 27.4. The lowest BCUT2D eigenvalue weighted by Gasteiger charge is -2.40. The molecule has 0 aliphatic carbocycles. The van der Waals surface area contributed by atoms with Crippen LogP contribution in [0.5, 0.6) is 11.5 Å². The number of benzene rings is 2. The largest absolute Gasteiger partial charge is 0.496 e. The Bertz CT molecular complexity index is 1260. The standard InChI is InChI=1S/C31H38N2O4S/c1-21(2)22-11-13-23(14-12-22)37-20-26-24-16-18-38-28(24)15-17-32(26)29(34)19-33(31(3,4)5)30(35)25-9-7-8-10-27(25)36-6/h7-14,16,18,21,26H,15,17,19-20H2,1-6H3/t26-/m1/s1. The molecule has 0 N–H and O–H groups in total. The SMILES string of the molecule is COc1ccccc1C(=O)N(CC(=O)N1CCc2sccc2[C@H]1COc1ccc(C(C)C)cc1)C(C)(C)C. The molecule has 2 heterocycles. The van der Waals surface area contributed by atoms with Gasteiger partial charge in [0.05, 0.1) is 18.7 Å². The van der Waals surface area contributed by atoms with Gasteiger partial charge in [0.15, 0.2) is 0 Å². The minimum Gasteiger partial charge on any atom is -0.496 e. The van der Waals surface area contributed by atoms with Gasteiger partial charge in [-0.2, -0.15) is 0 Å². The van der Waals surface area contributed by atoms with E-state index in [1.54, 1.807) is 35.5 Å². The third-order valence-corrected chi connectivity index (χ3v) is 8.05. The Kier molecular flexibility index (Phi) is 8.46. The maximum absolute atomic E-state index is 13.9. The second-order valence-electron chi connectivity index (χ2n) is 10.9. The van der Waals surface area contributed by atoms with Gasteiger partial charge in [-0.1, -0.05) is 38.1 Å². The Hall–Kier alpha value is -3.32. The number of ether oxygens (including phenoxy) is 2. The minimum absolute atomic E-state index is 0.0283. The first-order valence-corrected chi connectivity index (χ1v) is 14.0. The lowest BCUT2D eigenvalue weighted by Crippen LogP contribution is -2.53. The van der Waals surface area contributed by atoms with E-state index in [9.17, 15) is 9.59 Å². The van der Waals surface area contributed by atoms with Crippen molar-refractivity contribution in [1.29, 1.82) is 0 Å². The van der Waals surface area contributed by atoms with Crippen molar-refractivity contribution >= 4 is 23.2 Å². The van der Waals surface area contributed by atoms with E-state index in [1.165, 1.54) is 10.4 Å². The Morgan fingerprint density at radius 2 is 1.79 bits per heavy atom. The van der Waals surface area contributed by atoms with Crippen molar-refractivity contribution in [3.05, 3.63) is 81.5 Å². The highest BCUT2D eigenvalue weighted by atomic mass is 32.1. The van der Waals surface area contributed by atoms with E-state index in [0.717, 1.165) is 17.7 Å². The summed E-state index contributed by atoms with van der Waals surface area (Å²) in [5.41, 5.74) is 2.27. The Labute approximate surface area is 230 Å². The van der Waals surface area contributed by atoms with E-state index in [4.69, 9.17) is 9.47 Å². The fourth-order valence-corrected chi connectivity index (χ4v) is 5.73. The van der Waals surface area contributed by atoms with E-state index in [1.807, 2.05) is 49.9 Å². The molecule has 0 radical (unpaired) electrons. The van der Waals surface area contributed by atoms with Crippen LogP contribution in [0.4, 0.5) is 0 Å².